The van der Waals surface area contributed by atoms with Gasteiger partial charge in [-0.3, -0.25) is 9.36 Å². The molecule has 0 aliphatic heterocycles. The van der Waals surface area contributed by atoms with Crippen LogP contribution in [0.4, 0.5) is 0 Å². The van der Waals surface area contributed by atoms with Crippen LogP contribution in [0.3, 0.4) is 0 Å². The molecule has 0 saturated carbocycles. The summed E-state index contributed by atoms with van der Waals surface area (Å²) in [6.45, 7) is 1.95. The van der Waals surface area contributed by atoms with E-state index < -0.39 is 0 Å². The van der Waals surface area contributed by atoms with Crippen LogP contribution in [-0.2, 0) is 0 Å². The maximum atomic E-state index is 12.8. The Balaban J connectivity index is 2.21. The highest BCUT2D eigenvalue weighted by molar-refractivity contribution is 7.71. The zero-order valence-electron chi connectivity index (χ0n) is 12.4. The third-order valence-electron chi connectivity index (χ3n) is 3.80. The number of fused-ring (bicyclic) bond motifs is 1. The third-order valence-corrected chi connectivity index (χ3v) is 4.10. The predicted molar refractivity (Wildman–Crippen MR) is 90.2 cm³/mol. The van der Waals surface area contributed by atoms with Gasteiger partial charge >= 0.3 is 0 Å². The van der Waals surface area contributed by atoms with Crippen molar-refractivity contribution >= 4 is 23.1 Å². The molecule has 0 radical (unpaired) electrons. The Morgan fingerprint density at radius 1 is 1.18 bits per heavy atom. The summed E-state index contributed by atoms with van der Waals surface area (Å²) in [5.74, 6) is 0.757. The molecule has 4 nitrogen and oxygen atoms in total. The van der Waals surface area contributed by atoms with Gasteiger partial charge in [-0.05, 0) is 49.0 Å². The van der Waals surface area contributed by atoms with Gasteiger partial charge in [-0.25, -0.2) is 0 Å². The second-order valence-electron chi connectivity index (χ2n) is 5.10. The molecule has 1 atom stereocenters. The van der Waals surface area contributed by atoms with Gasteiger partial charge in [0.25, 0.3) is 5.56 Å². The Morgan fingerprint density at radius 3 is 2.73 bits per heavy atom. The van der Waals surface area contributed by atoms with Gasteiger partial charge in [-0.1, -0.05) is 24.3 Å². The molecule has 0 amide bonds. The molecule has 3 rings (SSSR count). The number of nitrogens with zero attached hydrogens (tertiary/aromatic N) is 1. The van der Waals surface area contributed by atoms with Crippen molar-refractivity contribution in [1.82, 2.24) is 9.55 Å². The van der Waals surface area contributed by atoms with Crippen LogP contribution in [0.2, 0.25) is 0 Å². The fraction of sp³-hybridized carbons (Fsp3) is 0.176. The van der Waals surface area contributed by atoms with Gasteiger partial charge in [-0.2, -0.15) is 0 Å². The number of nitrogens with one attached hydrogen (secondary N) is 1. The quantitative estimate of drug-likeness (QED) is 0.751. The fourth-order valence-corrected chi connectivity index (χ4v) is 2.93. The number of benzene rings is 2. The van der Waals surface area contributed by atoms with Gasteiger partial charge < -0.3 is 9.72 Å². The van der Waals surface area contributed by atoms with E-state index in [1.807, 2.05) is 49.4 Å². The summed E-state index contributed by atoms with van der Waals surface area (Å²) >= 11 is 5.38. The number of hydrogen-bond donors (Lipinski definition) is 1. The highest BCUT2D eigenvalue weighted by atomic mass is 32.1. The minimum atomic E-state index is -0.184. The molecule has 0 fully saturated rings. The average molecular weight is 312 g/mol. The van der Waals surface area contributed by atoms with Gasteiger partial charge in [0.05, 0.1) is 24.1 Å². The van der Waals surface area contributed by atoms with Crippen LogP contribution < -0.4 is 10.3 Å². The lowest BCUT2D eigenvalue weighted by Gasteiger charge is -2.17. The van der Waals surface area contributed by atoms with Crippen molar-refractivity contribution < 1.29 is 4.74 Å². The lowest BCUT2D eigenvalue weighted by atomic mass is 10.1. The predicted octanol–water partition coefficient (Wildman–Crippen LogP) is 3.68. The van der Waals surface area contributed by atoms with Crippen molar-refractivity contribution in [1.29, 1.82) is 0 Å². The molecule has 0 aliphatic carbocycles. The van der Waals surface area contributed by atoms with Crippen LogP contribution in [0.15, 0.2) is 53.3 Å². The Kier molecular flexibility index (Phi) is 3.81. The van der Waals surface area contributed by atoms with Crippen molar-refractivity contribution in [3.63, 3.8) is 0 Å². The summed E-state index contributed by atoms with van der Waals surface area (Å²) in [4.78, 5) is 15.9. The molecule has 0 spiro atoms. The molecule has 3 aromatic rings. The summed E-state index contributed by atoms with van der Waals surface area (Å²) in [5.41, 5.74) is 1.64. The smallest absolute Gasteiger partial charge is 0.262 e. The number of para-hydroxylation sites is 1. The first-order valence-electron chi connectivity index (χ1n) is 6.99. The zero-order chi connectivity index (χ0) is 15.7. The second kappa shape index (κ2) is 5.77. The van der Waals surface area contributed by atoms with E-state index in [9.17, 15) is 4.79 Å². The molecule has 0 aliphatic rings. The van der Waals surface area contributed by atoms with E-state index in [-0.39, 0.29) is 11.6 Å². The number of aromatic nitrogens is 2. The van der Waals surface area contributed by atoms with E-state index in [4.69, 9.17) is 17.0 Å². The van der Waals surface area contributed by atoms with E-state index in [0.717, 1.165) is 16.8 Å². The van der Waals surface area contributed by atoms with E-state index >= 15 is 0 Å². The van der Waals surface area contributed by atoms with Crippen LogP contribution in [0.5, 0.6) is 5.75 Å². The fourth-order valence-electron chi connectivity index (χ4n) is 2.58. The molecule has 1 aromatic heterocycles. The minimum absolute atomic E-state index is 0.0883. The van der Waals surface area contributed by atoms with Crippen molar-refractivity contribution in [3.05, 3.63) is 69.2 Å². The number of rotatable bonds is 3. The normalized spacial score (nSPS) is 12.3. The lowest BCUT2D eigenvalue weighted by Crippen LogP contribution is -2.25. The van der Waals surface area contributed by atoms with Crippen LogP contribution in [0.1, 0.15) is 18.5 Å². The molecule has 1 N–H and O–H groups in total. The van der Waals surface area contributed by atoms with Crippen LogP contribution in [0.25, 0.3) is 10.9 Å². The number of hydrogen-bond acceptors (Lipinski definition) is 3. The van der Waals surface area contributed by atoms with Crippen LogP contribution in [-0.4, -0.2) is 16.7 Å². The zero-order valence-corrected chi connectivity index (χ0v) is 13.2. The molecule has 5 heteroatoms. The number of ether oxygens (including phenoxy) is 1. The molecule has 0 saturated heterocycles. The first-order valence-corrected chi connectivity index (χ1v) is 7.40. The first-order chi connectivity index (χ1) is 10.6. The van der Waals surface area contributed by atoms with Gasteiger partial charge in [0.2, 0.25) is 0 Å². The Labute approximate surface area is 133 Å². The molecule has 2 aromatic carbocycles. The monoisotopic (exact) mass is 312 g/mol. The van der Waals surface area contributed by atoms with Crippen LogP contribution >= 0.6 is 12.2 Å². The Morgan fingerprint density at radius 2 is 1.95 bits per heavy atom. The molecule has 0 bridgehead atoms. The van der Waals surface area contributed by atoms with Gasteiger partial charge in [0.1, 0.15) is 5.75 Å². The standard InChI is InChI=1S/C17H16N2O2S/c1-11(12-6-5-7-13(10-12)21-2)19-16(20)14-8-3-4-9-15(14)18-17(19)22/h3-11H,1-2H3,(H,18,22)/t11-/m0/s1. The van der Waals surface area contributed by atoms with Crippen molar-refractivity contribution in [3.8, 4) is 5.75 Å². The summed E-state index contributed by atoms with van der Waals surface area (Å²) < 4.78 is 7.27. The largest absolute Gasteiger partial charge is 0.497 e. The maximum absolute atomic E-state index is 12.8. The molecular formula is C17H16N2O2S. The summed E-state index contributed by atoms with van der Waals surface area (Å²) in [6.07, 6.45) is 0. The number of H-pyrrole nitrogens is 1. The first kappa shape index (κ1) is 14.5. The molecule has 22 heavy (non-hydrogen) atoms. The van der Waals surface area contributed by atoms with E-state index in [2.05, 4.69) is 4.98 Å². The average Bonchev–Trinajstić information content (AvgIpc) is 2.54. The van der Waals surface area contributed by atoms with Gasteiger partial charge in [0.15, 0.2) is 4.77 Å². The van der Waals surface area contributed by atoms with Gasteiger partial charge in [-0.15, -0.1) is 0 Å². The molecular weight excluding hydrogens is 296 g/mol. The Hall–Kier alpha value is -2.40. The molecule has 1 heterocycles. The summed E-state index contributed by atoms with van der Waals surface area (Å²) in [6, 6.07) is 14.9. The number of methoxy groups -OCH3 is 1. The van der Waals surface area contributed by atoms with Crippen molar-refractivity contribution in [2.45, 2.75) is 13.0 Å². The van der Waals surface area contributed by atoms with E-state index in [1.54, 1.807) is 17.7 Å². The van der Waals surface area contributed by atoms with E-state index in [1.165, 1.54) is 0 Å². The topological polar surface area (TPSA) is 47.0 Å². The highest BCUT2D eigenvalue weighted by Gasteiger charge is 2.14. The summed E-state index contributed by atoms with van der Waals surface area (Å²) in [5, 5.41) is 0.630. The maximum Gasteiger partial charge on any atom is 0.262 e. The Bertz CT molecular complexity index is 943. The minimum Gasteiger partial charge on any atom is -0.497 e. The molecule has 0 unspecified atom stereocenters. The lowest BCUT2D eigenvalue weighted by molar-refractivity contribution is 0.413. The van der Waals surface area contributed by atoms with Crippen LogP contribution in [0, 0.1) is 4.77 Å². The number of aromatic amines is 1. The third kappa shape index (κ3) is 2.44. The highest BCUT2D eigenvalue weighted by Crippen LogP contribution is 2.22. The molecule has 112 valence electrons. The van der Waals surface area contributed by atoms with Crippen molar-refractivity contribution in [2.75, 3.05) is 7.11 Å². The SMILES string of the molecule is COc1cccc([C@H](C)n2c(=S)[nH]c3ccccc3c2=O)c1. The van der Waals surface area contributed by atoms with E-state index in [0.29, 0.717) is 10.2 Å². The van der Waals surface area contributed by atoms with Gasteiger partial charge in [0, 0.05) is 0 Å². The van der Waals surface area contributed by atoms with Crippen molar-refractivity contribution in [2.24, 2.45) is 0 Å². The summed E-state index contributed by atoms with van der Waals surface area (Å²) in [7, 11) is 1.62. The second-order valence-corrected chi connectivity index (χ2v) is 5.49.